The maximum Gasteiger partial charge on any atom is 0.0143 e. The van der Waals surface area contributed by atoms with Crippen molar-refractivity contribution in [1.82, 2.24) is 0 Å². The number of benzene rings is 1. The maximum atomic E-state index is 6.39. The molecule has 1 aromatic rings. The quantitative estimate of drug-likeness (QED) is 0.401. The fraction of sp³-hybridized carbons (Fsp3) is 0.769. The van der Waals surface area contributed by atoms with Crippen molar-refractivity contribution in [2.75, 3.05) is 0 Å². The summed E-state index contributed by atoms with van der Waals surface area (Å²) >= 11 is 0. The zero-order valence-corrected chi connectivity index (χ0v) is 21.0. The van der Waals surface area contributed by atoms with Crippen LogP contribution in [0.4, 0.5) is 0 Å². The van der Waals surface area contributed by atoms with Crippen molar-refractivity contribution in [1.29, 1.82) is 0 Å². The molecule has 0 radical (unpaired) electrons. The Hall–Kier alpha value is -0.940. The number of aryl methyl sites for hydroxylation is 2. The van der Waals surface area contributed by atoms with E-state index in [1.165, 1.54) is 11.1 Å². The number of rotatable bonds is 12. The van der Waals surface area contributed by atoms with E-state index in [4.69, 9.17) is 22.9 Å². The normalized spacial score (nSPS) is 14.1. The molecule has 0 aliphatic carbocycles. The molecule has 0 atom stereocenters. The summed E-state index contributed by atoms with van der Waals surface area (Å²) in [7, 11) is 0. The Bertz CT molecular complexity index is 536. The van der Waals surface area contributed by atoms with Gasteiger partial charge in [-0.25, -0.2) is 0 Å². The molecule has 1 aromatic carbocycles. The molecule has 0 saturated carbocycles. The van der Waals surface area contributed by atoms with Gasteiger partial charge in [-0.15, -0.1) is 0 Å². The molecule has 8 N–H and O–H groups in total. The number of hydrogen-bond donors (Lipinski definition) is 4. The lowest BCUT2D eigenvalue weighted by molar-refractivity contribution is 0.191. The Balaban J connectivity index is 2.56. The minimum Gasteiger partial charge on any atom is -0.325 e. The van der Waals surface area contributed by atoms with E-state index in [1.807, 2.05) is 0 Å². The van der Waals surface area contributed by atoms with Gasteiger partial charge >= 0.3 is 0 Å². The van der Waals surface area contributed by atoms with Gasteiger partial charge in [-0.2, -0.15) is 0 Å². The molecule has 30 heavy (non-hydrogen) atoms. The lowest BCUT2D eigenvalue weighted by Crippen LogP contribution is -2.55. The molecule has 0 heterocycles. The molecule has 1 rings (SSSR count). The van der Waals surface area contributed by atoms with Gasteiger partial charge in [0.15, 0.2) is 0 Å². The molecular formula is C26H50N4. The van der Waals surface area contributed by atoms with Crippen LogP contribution in [0, 0.1) is 11.8 Å². The molecule has 0 aliphatic heterocycles. The minimum absolute atomic E-state index is 0.268. The van der Waals surface area contributed by atoms with Crippen molar-refractivity contribution in [2.45, 2.75) is 116 Å². The first-order chi connectivity index (χ1) is 13.4. The second-order valence-electron chi connectivity index (χ2n) is 12.0. The van der Waals surface area contributed by atoms with E-state index >= 15 is 0 Å². The third kappa shape index (κ3) is 9.05. The molecule has 0 amide bonds. The molecule has 0 unspecified atom stereocenters. The van der Waals surface area contributed by atoms with Crippen LogP contribution in [0.1, 0.15) is 92.2 Å². The summed E-state index contributed by atoms with van der Waals surface area (Å²) in [6.07, 6.45) is 6.41. The second kappa shape index (κ2) is 10.1. The largest absolute Gasteiger partial charge is 0.325 e. The molecule has 4 heteroatoms. The third-order valence-electron chi connectivity index (χ3n) is 6.53. The number of hydrogen-bond acceptors (Lipinski definition) is 4. The predicted molar refractivity (Wildman–Crippen MR) is 132 cm³/mol. The van der Waals surface area contributed by atoms with Crippen LogP contribution in [-0.4, -0.2) is 22.2 Å². The Morgan fingerprint density at radius 1 is 0.533 bits per heavy atom. The van der Waals surface area contributed by atoms with Crippen molar-refractivity contribution in [3.8, 4) is 0 Å². The summed E-state index contributed by atoms with van der Waals surface area (Å²) in [4.78, 5) is 0. The first-order valence-corrected chi connectivity index (χ1v) is 11.7. The first-order valence-electron chi connectivity index (χ1n) is 11.7. The smallest absolute Gasteiger partial charge is 0.0143 e. The fourth-order valence-corrected chi connectivity index (χ4v) is 5.30. The molecule has 0 spiro atoms. The Labute approximate surface area is 186 Å². The standard InChI is InChI=1S/C26H50N4/c1-23(2,27)21(24(3,4)28)13-9-11-19-15-17-20(18-16-19)12-10-14-22(25(5,6)29)26(7,8)30/h15-18,21-22H,9-14,27-30H2,1-8H3. The van der Waals surface area contributed by atoms with Gasteiger partial charge in [0.2, 0.25) is 0 Å². The van der Waals surface area contributed by atoms with Crippen LogP contribution < -0.4 is 22.9 Å². The Morgan fingerprint density at radius 2 is 0.767 bits per heavy atom. The number of nitrogens with two attached hydrogens (primary N) is 4. The van der Waals surface area contributed by atoms with Gasteiger partial charge < -0.3 is 22.9 Å². The highest BCUT2D eigenvalue weighted by Crippen LogP contribution is 2.30. The summed E-state index contributed by atoms with van der Waals surface area (Å²) in [5, 5.41) is 0. The van der Waals surface area contributed by atoms with Crippen LogP contribution >= 0.6 is 0 Å². The molecule has 0 aliphatic rings. The minimum atomic E-state index is -0.268. The molecular weight excluding hydrogens is 368 g/mol. The maximum absolute atomic E-state index is 6.39. The van der Waals surface area contributed by atoms with Crippen LogP contribution in [0.15, 0.2) is 24.3 Å². The SMILES string of the molecule is CC(C)(N)C(CCCc1ccc(CCCC(C(C)(C)N)C(C)(C)N)cc1)C(C)(C)N. The van der Waals surface area contributed by atoms with Crippen LogP contribution in [0.2, 0.25) is 0 Å². The van der Waals surface area contributed by atoms with Crippen LogP contribution in [0.5, 0.6) is 0 Å². The molecule has 0 bridgehead atoms. The van der Waals surface area contributed by atoms with Gasteiger partial charge in [0, 0.05) is 22.2 Å². The molecule has 174 valence electrons. The summed E-state index contributed by atoms with van der Waals surface area (Å²) in [5.41, 5.74) is 27.3. The lowest BCUT2D eigenvalue weighted by Gasteiger charge is -2.40. The Morgan fingerprint density at radius 3 is 0.967 bits per heavy atom. The fourth-order valence-electron chi connectivity index (χ4n) is 5.30. The summed E-state index contributed by atoms with van der Waals surface area (Å²) in [6, 6.07) is 9.07. The van der Waals surface area contributed by atoms with Gasteiger partial charge in [-0.05, 0) is 117 Å². The van der Waals surface area contributed by atoms with Crippen molar-refractivity contribution < 1.29 is 0 Å². The van der Waals surface area contributed by atoms with E-state index in [9.17, 15) is 0 Å². The molecule has 0 aromatic heterocycles. The molecule has 4 nitrogen and oxygen atoms in total. The summed E-state index contributed by atoms with van der Waals surface area (Å²) in [5.74, 6) is 0.576. The van der Waals surface area contributed by atoms with Gasteiger partial charge in [0.1, 0.15) is 0 Å². The van der Waals surface area contributed by atoms with Gasteiger partial charge in [0.05, 0.1) is 0 Å². The summed E-state index contributed by atoms with van der Waals surface area (Å²) in [6.45, 7) is 16.7. The van der Waals surface area contributed by atoms with E-state index in [0.717, 1.165) is 38.5 Å². The zero-order chi connectivity index (χ0) is 23.4. The average molecular weight is 419 g/mol. The summed E-state index contributed by atoms with van der Waals surface area (Å²) < 4.78 is 0. The van der Waals surface area contributed by atoms with Crippen LogP contribution in [0.3, 0.4) is 0 Å². The van der Waals surface area contributed by atoms with Crippen molar-refractivity contribution in [2.24, 2.45) is 34.8 Å². The highest BCUT2D eigenvalue weighted by Gasteiger charge is 2.36. The molecule has 0 fully saturated rings. The van der Waals surface area contributed by atoms with Gasteiger partial charge in [-0.1, -0.05) is 24.3 Å². The van der Waals surface area contributed by atoms with E-state index in [0.29, 0.717) is 0 Å². The van der Waals surface area contributed by atoms with E-state index in [-0.39, 0.29) is 34.0 Å². The van der Waals surface area contributed by atoms with Crippen molar-refractivity contribution in [3.05, 3.63) is 35.4 Å². The predicted octanol–water partition coefficient (Wildman–Crippen LogP) is 4.51. The van der Waals surface area contributed by atoms with Crippen molar-refractivity contribution in [3.63, 3.8) is 0 Å². The van der Waals surface area contributed by atoms with Gasteiger partial charge in [0.25, 0.3) is 0 Å². The van der Waals surface area contributed by atoms with Crippen LogP contribution in [-0.2, 0) is 12.8 Å². The Kier molecular flexibility index (Phi) is 9.14. The highest BCUT2D eigenvalue weighted by molar-refractivity contribution is 5.22. The monoisotopic (exact) mass is 418 g/mol. The van der Waals surface area contributed by atoms with E-state index in [1.54, 1.807) is 0 Å². The zero-order valence-electron chi connectivity index (χ0n) is 21.0. The van der Waals surface area contributed by atoms with Crippen molar-refractivity contribution >= 4 is 0 Å². The second-order valence-corrected chi connectivity index (χ2v) is 12.0. The van der Waals surface area contributed by atoms with E-state index < -0.39 is 0 Å². The average Bonchev–Trinajstić information content (AvgIpc) is 2.52. The van der Waals surface area contributed by atoms with Crippen LogP contribution in [0.25, 0.3) is 0 Å². The molecule has 0 saturated heterocycles. The lowest BCUT2D eigenvalue weighted by atomic mass is 9.72. The third-order valence-corrected chi connectivity index (χ3v) is 6.53. The highest BCUT2D eigenvalue weighted by atomic mass is 14.8. The van der Waals surface area contributed by atoms with E-state index in [2.05, 4.69) is 79.7 Å². The topological polar surface area (TPSA) is 104 Å². The van der Waals surface area contributed by atoms with Gasteiger partial charge in [-0.3, -0.25) is 0 Å². The first kappa shape index (κ1) is 27.1.